The highest BCUT2D eigenvalue weighted by Gasteiger charge is 2.26. The molecule has 1 saturated carbocycles. The predicted molar refractivity (Wildman–Crippen MR) is 72.2 cm³/mol. The molecule has 0 aliphatic heterocycles. The van der Waals surface area contributed by atoms with Gasteiger partial charge in [-0.15, -0.1) is 0 Å². The maximum atomic E-state index is 6.04. The van der Waals surface area contributed by atoms with Crippen LogP contribution in [0.3, 0.4) is 0 Å². The van der Waals surface area contributed by atoms with Crippen LogP contribution in [0.5, 0.6) is 0 Å². The molecule has 2 nitrogen and oxygen atoms in total. The molecule has 0 unspecified atom stereocenters. The molecule has 0 bridgehead atoms. The third-order valence-corrected chi connectivity index (χ3v) is 3.54. The first-order chi connectivity index (χ1) is 8.22. The summed E-state index contributed by atoms with van der Waals surface area (Å²) in [5.41, 5.74) is 2.07. The van der Waals surface area contributed by atoms with Gasteiger partial charge >= 0.3 is 0 Å². The zero-order chi connectivity index (χ0) is 11.8. The van der Waals surface area contributed by atoms with Crippen molar-refractivity contribution in [2.45, 2.75) is 18.8 Å². The molecule has 1 aliphatic rings. The summed E-state index contributed by atoms with van der Waals surface area (Å²) in [4.78, 5) is 8.87. The van der Waals surface area contributed by atoms with Crippen LogP contribution in [-0.2, 0) is 0 Å². The lowest BCUT2D eigenvalue weighted by molar-refractivity contribution is 0.994. The van der Waals surface area contributed by atoms with E-state index in [1.165, 1.54) is 12.8 Å². The first-order valence-corrected chi connectivity index (χ1v) is 6.70. The summed E-state index contributed by atoms with van der Waals surface area (Å²) in [7, 11) is 0. The Labute approximate surface area is 113 Å². The molecule has 0 N–H and O–H groups in total. The number of aromatic nitrogens is 2. The molecule has 0 saturated heterocycles. The quantitative estimate of drug-likeness (QED) is 0.767. The van der Waals surface area contributed by atoms with Gasteiger partial charge in [0.15, 0.2) is 5.82 Å². The molecule has 0 radical (unpaired) electrons. The van der Waals surface area contributed by atoms with E-state index < -0.39 is 0 Å². The van der Waals surface area contributed by atoms with E-state index in [0.717, 1.165) is 15.7 Å². The fourth-order valence-electron chi connectivity index (χ4n) is 1.75. The minimum atomic E-state index is 0.528. The van der Waals surface area contributed by atoms with E-state index in [0.29, 0.717) is 16.9 Å². The van der Waals surface area contributed by atoms with E-state index in [4.69, 9.17) is 11.6 Å². The van der Waals surface area contributed by atoms with Gasteiger partial charge in [-0.3, -0.25) is 0 Å². The van der Waals surface area contributed by atoms with Crippen molar-refractivity contribution in [1.29, 1.82) is 0 Å². The van der Waals surface area contributed by atoms with Crippen LogP contribution in [0.4, 0.5) is 0 Å². The number of nitrogens with zero attached hydrogens (tertiary/aromatic N) is 2. The van der Waals surface area contributed by atoms with Gasteiger partial charge in [0.1, 0.15) is 5.15 Å². The fraction of sp³-hybridized carbons (Fsp3) is 0.231. The van der Waals surface area contributed by atoms with Gasteiger partial charge < -0.3 is 0 Å². The van der Waals surface area contributed by atoms with Crippen LogP contribution in [0.15, 0.2) is 34.8 Å². The van der Waals surface area contributed by atoms with Crippen LogP contribution in [0.1, 0.15) is 24.5 Å². The number of halogens is 2. The van der Waals surface area contributed by atoms with Crippen molar-refractivity contribution >= 4 is 27.5 Å². The Morgan fingerprint density at radius 3 is 2.47 bits per heavy atom. The number of rotatable bonds is 2. The summed E-state index contributed by atoms with van der Waals surface area (Å²) in [6.07, 6.45) is 2.43. The SMILES string of the molecule is Clc1cc(C2CC2)nc(-c2ccc(Br)cc2)n1. The molecule has 1 fully saturated rings. The van der Waals surface area contributed by atoms with Crippen molar-refractivity contribution in [2.75, 3.05) is 0 Å². The smallest absolute Gasteiger partial charge is 0.161 e. The average molecular weight is 310 g/mol. The molecular formula is C13H10BrClN2. The zero-order valence-corrected chi connectivity index (χ0v) is 11.4. The highest BCUT2D eigenvalue weighted by Crippen LogP contribution is 2.40. The van der Waals surface area contributed by atoms with E-state index >= 15 is 0 Å². The Morgan fingerprint density at radius 2 is 1.82 bits per heavy atom. The van der Waals surface area contributed by atoms with Crippen LogP contribution in [0, 0.1) is 0 Å². The molecule has 1 heterocycles. The summed E-state index contributed by atoms with van der Waals surface area (Å²) >= 11 is 9.46. The van der Waals surface area contributed by atoms with Crippen molar-refractivity contribution in [3.8, 4) is 11.4 Å². The van der Waals surface area contributed by atoms with Crippen LogP contribution in [0.25, 0.3) is 11.4 Å². The van der Waals surface area contributed by atoms with Crippen molar-refractivity contribution in [2.24, 2.45) is 0 Å². The Morgan fingerprint density at radius 1 is 1.12 bits per heavy atom. The maximum Gasteiger partial charge on any atom is 0.161 e. The van der Waals surface area contributed by atoms with Gasteiger partial charge in [0.25, 0.3) is 0 Å². The summed E-state index contributed by atoms with van der Waals surface area (Å²) in [6.45, 7) is 0. The zero-order valence-electron chi connectivity index (χ0n) is 9.03. The first-order valence-electron chi connectivity index (χ1n) is 5.53. The Hall–Kier alpha value is -0.930. The molecule has 86 valence electrons. The highest BCUT2D eigenvalue weighted by molar-refractivity contribution is 9.10. The lowest BCUT2D eigenvalue weighted by atomic mass is 10.2. The van der Waals surface area contributed by atoms with Gasteiger partial charge in [-0.2, -0.15) is 0 Å². The van der Waals surface area contributed by atoms with E-state index in [9.17, 15) is 0 Å². The molecule has 0 spiro atoms. The van der Waals surface area contributed by atoms with Gasteiger partial charge in [-0.05, 0) is 31.0 Å². The lowest BCUT2D eigenvalue weighted by Gasteiger charge is -2.04. The normalized spacial score (nSPS) is 14.9. The molecule has 1 aromatic carbocycles. The van der Waals surface area contributed by atoms with E-state index in [-0.39, 0.29) is 0 Å². The third kappa shape index (κ3) is 2.50. The highest BCUT2D eigenvalue weighted by atomic mass is 79.9. The fourth-order valence-corrected chi connectivity index (χ4v) is 2.21. The van der Waals surface area contributed by atoms with Crippen molar-refractivity contribution in [3.05, 3.63) is 45.7 Å². The number of hydrogen-bond donors (Lipinski definition) is 0. The average Bonchev–Trinajstić information content (AvgIpc) is 3.13. The summed E-state index contributed by atoms with van der Waals surface area (Å²) in [5.74, 6) is 1.30. The van der Waals surface area contributed by atoms with E-state index in [1.807, 2.05) is 30.3 Å². The summed E-state index contributed by atoms with van der Waals surface area (Å²) < 4.78 is 1.05. The third-order valence-electron chi connectivity index (χ3n) is 2.81. The van der Waals surface area contributed by atoms with Crippen LogP contribution in [0.2, 0.25) is 5.15 Å². The summed E-state index contributed by atoms with van der Waals surface area (Å²) in [6, 6.07) is 9.83. The van der Waals surface area contributed by atoms with E-state index in [2.05, 4.69) is 25.9 Å². The molecule has 1 aliphatic carbocycles. The Kier molecular flexibility index (Phi) is 2.89. The minimum absolute atomic E-state index is 0.528. The molecule has 3 rings (SSSR count). The monoisotopic (exact) mass is 308 g/mol. The second-order valence-electron chi connectivity index (χ2n) is 4.22. The number of hydrogen-bond acceptors (Lipinski definition) is 2. The standard InChI is InChI=1S/C13H10BrClN2/c14-10-5-3-9(4-6-10)13-16-11(8-1-2-8)7-12(15)17-13/h3-8H,1-2H2. The lowest BCUT2D eigenvalue weighted by Crippen LogP contribution is -1.94. The van der Waals surface area contributed by atoms with Crippen molar-refractivity contribution in [1.82, 2.24) is 9.97 Å². The predicted octanol–water partition coefficient (Wildman–Crippen LogP) is 4.44. The molecule has 4 heteroatoms. The number of benzene rings is 1. The first kappa shape index (κ1) is 11.2. The van der Waals surface area contributed by atoms with E-state index in [1.54, 1.807) is 0 Å². The molecule has 0 amide bonds. The van der Waals surface area contributed by atoms with Gasteiger partial charge in [0, 0.05) is 21.6 Å². The molecule has 17 heavy (non-hydrogen) atoms. The van der Waals surface area contributed by atoms with Gasteiger partial charge in [0.2, 0.25) is 0 Å². The molecule has 2 aromatic rings. The van der Waals surface area contributed by atoms with Crippen molar-refractivity contribution < 1.29 is 0 Å². The van der Waals surface area contributed by atoms with Crippen LogP contribution < -0.4 is 0 Å². The van der Waals surface area contributed by atoms with Gasteiger partial charge in [-0.1, -0.05) is 39.7 Å². The second-order valence-corrected chi connectivity index (χ2v) is 5.52. The largest absolute Gasteiger partial charge is 0.233 e. The molecule has 0 atom stereocenters. The summed E-state index contributed by atoms with van der Waals surface area (Å²) in [5, 5.41) is 0.528. The Balaban J connectivity index is 2.04. The second kappa shape index (κ2) is 4.39. The van der Waals surface area contributed by atoms with Gasteiger partial charge in [0.05, 0.1) is 0 Å². The van der Waals surface area contributed by atoms with Gasteiger partial charge in [-0.25, -0.2) is 9.97 Å². The minimum Gasteiger partial charge on any atom is -0.233 e. The van der Waals surface area contributed by atoms with Crippen LogP contribution >= 0.6 is 27.5 Å². The Bertz CT molecular complexity index is 550. The topological polar surface area (TPSA) is 25.8 Å². The molecular weight excluding hydrogens is 300 g/mol. The maximum absolute atomic E-state index is 6.04. The van der Waals surface area contributed by atoms with Crippen molar-refractivity contribution in [3.63, 3.8) is 0 Å². The van der Waals surface area contributed by atoms with Crippen LogP contribution in [-0.4, -0.2) is 9.97 Å². The molecule has 1 aromatic heterocycles.